The average molecular weight is 253 g/mol. The topological polar surface area (TPSA) is 29.9 Å². The van der Waals surface area contributed by atoms with E-state index in [1.165, 1.54) is 43.6 Å². The molecule has 0 spiro atoms. The van der Waals surface area contributed by atoms with Crippen LogP contribution in [-0.4, -0.2) is 28.3 Å². The smallest absolute Gasteiger partial charge is 0.0762 e. The highest BCUT2D eigenvalue weighted by Crippen LogP contribution is 2.27. The summed E-state index contributed by atoms with van der Waals surface area (Å²) in [6, 6.07) is 2.81. The second-order valence-electron chi connectivity index (χ2n) is 4.75. The Morgan fingerprint density at radius 1 is 1.41 bits per heavy atom. The Morgan fingerprint density at radius 2 is 2.24 bits per heavy atom. The van der Waals surface area contributed by atoms with Crippen LogP contribution in [0.25, 0.3) is 0 Å². The molecule has 1 aromatic rings. The molecule has 2 rings (SSSR count). The van der Waals surface area contributed by atoms with Crippen LogP contribution in [0.15, 0.2) is 12.3 Å². The maximum Gasteiger partial charge on any atom is 0.0762 e. The molecule has 1 heterocycles. The Bertz CT molecular complexity index is 318. The lowest BCUT2D eigenvalue weighted by Gasteiger charge is -2.21. The molecule has 4 heteroatoms. The molecule has 1 N–H and O–H groups in total. The van der Waals surface area contributed by atoms with E-state index in [1.54, 1.807) is 0 Å². The molecular formula is C13H23N3S. The Hall–Kier alpha value is -0.480. The van der Waals surface area contributed by atoms with Crippen molar-refractivity contribution in [2.75, 3.05) is 18.6 Å². The van der Waals surface area contributed by atoms with E-state index in [9.17, 15) is 0 Å². The van der Waals surface area contributed by atoms with Gasteiger partial charge in [-0.25, -0.2) is 0 Å². The number of nitrogens with zero attached hydrogens (tertiary/aromatic N) is 2. The van der Waals surface area contributed by atoms with Crippen molar-refractivity contribution in [3.63, 3.8) is 0 Å². The standard InChI is InChI=1S/C13H23N3S/c1-17-10-8-14-11-12-7-9-16(15-12)13-5-3-2-4-6-13/h7,9,13-14H,2-6,8,10-11H2,1H3. The summed E-state index contributed by atoms with van der Waals surface area (Å²) in [7, 11) is 0. The Kier molecular flexibility index (Phi) is 5.39. The van der Waals surface area contributed by atoms with Gasteiger partial charge in [-0.05, 0) is 25.2 Å². The van der Waals surface area contributed by atoms with Crippen molar-refractivity contribution < 1.29 is 0 Å². The third kappa shape index (κ3) is 4.03. The Labute approximate surface area is 108 Å². The highest BCUT2D eigenvalue weighted by atomic mass is 32.2. The van der Waals surface area contributed by atoms with Gasteiger partial charge in [-0.3, -0.25) is 4.68 Å². The molecule has 0 radical (unpaired) electrons. The maximum absolute atomic E-state index is 4.68. The summed E-state index contributed by atoms with van der Waals surface area (Å²) in [6.45, 7) is 1.97. The van der Waals surface area contributed by atoms with Crippen molar-refractivity contribution in [1.29, 1.82) is 0 Å². The lowest BCUT2D eigenvalue weighted by molar-refractivity contribution is 0.328. The minimum Gasteiger partial charge on any atom is -0.310 e. The fourth-order valence-corrected chi connectivity index (χ4v) is 2.76. The fraction of sp³-hybridized carbons (Fsp3) is 0.769. The number of nitrogens with one attached hydrogen (secondary N) is 1. The molecule has 1 fully saturated rings. The molecule has 1 aromatic heterocycles. The highest BCUT2D eigenvalue weighted by Gasteiger charge is 2.15. The van der Waals surface area contributed by atoms with Crippen LogP contribution in [0.3, 0.4) is 0 Å². The normalized spacial score (nSPS) is 17.5. The molecule has 0 saturated heterocycles. The molecule has 96 valence electrons. The largest absolute Gasteiger partial charge is 0.310 e. The van der Waals surface area contributed by atoms with E-state index in [1.807, 2.05) is 11.8 Å². The quantitative estimate of drug-likeness (QED) is 0.791. The number of aromatic nitrogens is 2. The van der Waals surface area contributed by atoms with Crippen molar-refractivity contribution in [1.82, 2.24) is 15.1 Å². The molecule has 1 aliphatic rings. The van der Waals surface area contributed by atoms with Crippen LogP contribution in [-0.2, 0) is 6.54 Å². The van der Waals surface area contributed by atoms with Crippen molar-refractivity contribution in [3.05, 3.63) is 18.0 Å². The van der Waals surface area contributed by atoms with Crippen LogP contribution in [0.5, 0.6) is 0 Å². The summed E-state index contributed by atoms with van der Waals surface area (Å²) in [6.07, 6.45) is 11.0. The third-order valence-electron chi connectivity index (χ3n) is 3.40. The lowest BCUT2D eigenvalue weighted by Crippen LogP contribution is -2.18. The van der Waals surface area contributed by atoms with Crippen LogP contribution in [0.2, 0.25) is 0 Å². The maximum atomic E-state index is 4.68. The van der Waals surface area contributed by atoms with Gasteiger partial charge in [-0.15, -0.1) is 0 Å². The van der Waals surface area contributed by atoms with Gasteiger partial charge in [0.15, 0.2) is 0 Å². The van der Waals surface area contributed by atoms with E-state index in [-0.39, 0.29) is 0 Å². The molecule has 0 bridgehead atoms. The number of thioether (sulfide) groups is 1. The van der Waals surface area contributed by atoms with Crippen LogP contribution in [0, 0.1) is 0 Å². The lowest BCUT2D eigenvalue weighted by atomic mass is 9.96. The number of hydrogen-bond donors (Lipinski definition) is 1. The van der Waals surface area contributed by atoms with Gasteiger partial charge >= 0.3 is 0 Å². The van der Waals surface area contributed by atoms with Crippen molar-refractivity contribution in [3.8, 4) is 0 Å². The molecule has 1 saturated carbocycles. The van der Waals surface area contributed by atoms with Crippen molar-refractivity contribution >= 4 is 11.8 Å². The number of rotatable bonds is 6. The molecule has 1 aliphatic carbocycles. The first kappa shape index (κ1) is 13.0. The molecular weight excluding hydrogens is 230 g/mol. The van der Waals surface area contributed by atoms with Gasteiger partial charge in [0, 0.05) is 25.0 Å². The molecule has 3 nitrogen and oxygen atoms in total. The second-order valence-corrected chi connectivity index (χ2v) is 5.73. The first-order valence-electron chi connectivity index (χ1n) is 6.64. The molecule has 0 atom stereocenters. The Balaban J connectivity index is 1.78. The highest BCUT2D eigenvalue weighted by molar-refractivity contribution is 7.98. The van der Waals surface area contributed by atoms with Gasteiger partial charge in [0.2, 0.25) is 0 Å². The predicted octanol–water partition coefficient (Wildman–Crippen LogP) is 2.84. The van der Waals surface area contributed by atoms with Crippen LogP contribution < -0.4 is 5.32 Å². The van der Waals surface area contributed by atoms with E-state index in [0.29, 0.717) is 6.04 Å². The number of hydrogen-bond acceptors (Lipinski definition) is 3. The fourth-order valence-electron chi connectivity index (χ4n) is 2.41. The van der Waals surface area contributed by atoms with E-state index in [0.717, 1.165) is 13.1 Å². The van der Waals surface area contributed by atoms with Crippen LogP contribution >= 0.6 is 11.8 Å². The minimum absolute atomic E-state index is 0.656. The molecule has 0 aromatic carbocycles. The van der Waals surface area contributed by atoms with Crippen molar-refractivity contribution in [2.45, 2.75) is 44.7 Å². The zero-order valence-corrected chi connectivity index (χ0v) is 11.5. The van der Waals surface area contributed by atoms with Gasteiger partial charge in [-0.2, -0.15) is 16.9 Å². The third-order valence-corrected chi connectivity index (χ3v) is 4.01. The molecule has 0 unspecified atom stereocenters. The summed E-state index contributed by atoms with van der Waals surface area (Å²) in [5.74, 6) is 1.17. The zero-order valence-electron chi connectivity index (χ0n) is 10.7. The summed E-state index contributed by atoms with van der Waals surface area (Å²) in [4.78, 5) is 0. The van der Waals surface area contributed by atoms with Gasteiger partial charge in [0.05, 0.1) is 11.7 Å². The summed E-state index contributed by atoms with van der Waals surface area (Å²) in [5.41, 5.74) is 1.18. The minimum atomic E-state index is 0.656. The van der Waals surface area contributed by atoms with E-state index < -0.39 is 0 Å². The van der Waals surface area contributed by atoms with Crippen molar-refractivity contribution in [2.24, 2.45) is 0 Å². The summed E-state index contributed by atoms with van der Waals surface area (Å²) < 4.78 is 2.19. The zero-order chi connectivity index (χ0) is 11.9. The van der Waals surface area contributed by atoms with E-state index in [4.69, 9.17) is 0 Å². The predicted molar refractivity (Wildman–Crippen MR) is 74.4 cm³/mol. The summed E-state index contributed by atoms with van der Waals surface area (Å²) in [5, 5.41) is 8.10. The molecule has 0 aliphatic heterocycles. The van der Waals surface area contributed by atoms with Crippen LogP contribution in [0.1, 0.15) is 43.8 Å². The van der Waals surface area contributed by atoms with E-state index >= 15 is 0 Å². The van der Waals surface area contributed by atoms with E-state index in [2.05, 4.69) is 33.6 Å². The monoisotopic (exact) mass is 253 g/mol. The second kappa shape index (κ2) is 7.07. The summed E-state index contributed by atoms with van der Waals surface area (Å²) >= 11 is 1.88. The van der Waals surface area contributed by atoms with Gasteiger partial charge in [-0.1, -0.05) is 19.3 Å². The van der Waals surface area contributed by atoms with Gasteiger partial charge in [0.25, 0.3) is 0 Å². The molecule has 17 heavy (non-hydrogen) atoms. The first-order chi connectivity index (χ1) is 8.40. The van der Waals surface area contributed by atoms with Crippen LogP contribution in [0.4, 0.5) is 0 Å². The molecule has 0 amide bonds. The average Bonchev–Trinajstić information content (AvgIpc) is 2.85. The Morgan fingerprint density at radius 3 is 3.00 bits per heavy atom. The van der Waals surface area contributed by atoms with Gasteiger partial charge in [0.1, 0.15) is 0 Å². The first-order valence-corrected chi connectivity index (χ1v) is 8.03. The van der Waals surface area contributed by atoms with Gasteiger partial charge < -0.3 is 5.32 Å². The SMILES string of the molecule is CSCCNCc1ccn(C2CCCCC2)n1.